The Labute approximate surface area is 166 Å². The summed E-state index contributed by atoms with van der Waals surface area (Å²) in [5, 5.41) is 15.0. The predicted octanol–water partition coefficient (Wildman–Crippen LogP) is 4.54. The van der Waals surface area contributed by atoms with Gasteiger partial charge < -0.3 is 9.84 Å². The Hall–Kier alpha value is -2.79. The maximum absolute atomic E-state index is 10.6. The van der Waals surface area contributed by atoms with E-state index in [1.165, 1.54) is 11.1 Å². The molecule has 146 valence electrons. The van der Waals surface area contributed by atoms with Gasteiger partial charge in [-0.15, -0.1) is 0 Å². The summed E-state index contributed by atoms with van der Waals surface area (Å²) in [5.41, 5.74) is 5.56. The molecular weight excluding hydrogens is 350 g/mol. The van der Waals surface area contributed by atoms with Crippen LogP contribution < -0.4 is 4.74 Å². The molecular formula is C23H27N3O2. The third-order valence-electron chi connectivity index (χ3n) is 5.24. The summed E-state index contributed by atoms with van der Waals surface area (Å²) in [5.74, 6) is 0.822. The van der Waals surface area contributed by atoms with Crippen LogP contribution in [-0.4, -0.2) is 32.9 Å². The van der Waals surface area contributed by atoms with Gasteiger partial charge in [-0.25, -0.2) is 0 Å². The van der Waals surface area contributed by atoms with Gasteiger partial charge in [-0.3, -0.25) is 9.58 Å². The van der Waals surface area contributed by atoms with Crippen molar-refractivity contribution in [1.29, 1.82) is 0 Å². The zero-order chi connectivity index (χ0) is 19.7. The average Bonchev–Trinajstić information content (AvgIpc) is 3.03. The Bertz CT molecular complexity index is 978. The van der Waals surface area contributed by atoms with E-state index in [1.807, 2.05) is 29.1 Å². The maximum atomic E-state index is 10.6. The molecule has 1 aliphatic heterocycles. The van der Waals surface area contributed by atoms with Crippen LogP contribution in [0.15, 0.2) is 48.8 Å². The lowest BCUT2D eigenvalue weighted by Crippen LogP contribution is -2.25. The van der Waals surface area contributed by atoms with E-state index in [1.54, 1.807) is 0 Å². The highest BCUT2D eigenvalue weighted by Gasteiger charge is 2.20. The number of phenols is 1. The lowest BCUT2D eigenvalue weighted by molar-refractivity contribution is 0.217. The number of rotatable bonds is 4. The number of phenolic OH excluding ortho intramolecular Hbond substituents is 1. The fourth-order valence-electron chi connectivity index (χ4n) is 3.74. The van der Waals surface area contributed by atoms with Crippen LogP contribution in [0.3, 0.4) is 0 Å². The molecule has 1 aliphatic rings. The number of aromatic nitrogens is 2. The van der Waals surface area contributed by atoms with E-state index in [0.29, 0.717) is 18.4 Å². The van der Waals surface area contributed by atoms with Crippen LogP contribution in [0.25, 0.3) is 11.1 Å². The lowest BCUT2D eigenvalue weighted by Gasteiger charge is -2.19. The Morgan fingerprint density at radius 3 is 2.79 bits per heavy atom. The number of benzene rings is 2. The monoisotopic (exact) mass is 377 g/mol. The van der Waals surface area contributed by atoms with E-state index < -0.39 is 0 Å². The molecule has 0 bridgehead atoms. The van der Waals surface area contributed by atoms with E-state index in [-0.39, 0.29) is 5.75 Å². The molecule has 0 aliphatic carbocycles. The summed E-state index contributed by atoms with van der Waals surface area (Å²) in [4.78, 5) is 2.34. The van der Waals surface area contributed by atoms with Gasteiger partial charge in [0.15, 0.2) is 11.5 Å². The van der Waals surface area contributed by atoms with Crippen molar-refractivity contribution in [3.63, 3.8) is 0 Å². The van der Waals surface area contributed by atoms with Crippen molar-refractivity contribution in [2.24, 2.45) is 0 Å². The molecule has 28 heavy (non-hydrogen) atoms. The first kappa shape index (κ1) is 18.6. The van der Waals surface area contributed by atoms with Crippen molar-refractivity contribution in [2.45, 2.75) is 39.9 Å². The summed E-state index contributed by atoms with van der Waals surface area (Å²) >= 11 is 0. The Morgan fingerprint density at radius 1 is 1.21 bits per heavy atom. The predicted molar refractivity (Wildman–Crippen MR) is 111 cm³/mol. The van der Waals surface area contributed by atoms with E-state index in [4.69, 9.17) is 4.74 Å². The molecule has 5 nitrogen and oxygen atoms in total. The first-order valence-electron chi connectivity index (χ1n) is 9.81. The van der Waals surface area contributed by atoms with Gasteiger partial charge >= 0.3 is 0 Å². The Morgan fingerprint density at radius 2 is 2.04 bits per heavy atom. The van der Waals surface area contributed by atoms with Gasteiger partial charge in [0, 0.05) is 43.0 Å². The molecule has 0 radical (unpaired) electrons. The quantitative estimate of drug-likeness (QED) is 0.725. The molecule has 0 fully saturated rings. The van der Waals surface area contributed by atoms with Crippen molar-refractivity contribution >= 4 is 0 Å². The highest BCUT2D eigenvalue weighted by molar-refractivity contribution is 5.71. The van der Waals surface area contributed by atoms with E-state index in [2.05, 4.69) is 55.2 Å². The molecule has 1 N–H and O–H groups in total. The highest BCUT2D eigenvalue weighted by Crippen LogP contribution is 2.38. The van der Waals surface area contributed by atoms with Crippen LogP contribution in [-0.2, 0) is 13.1 Å². The molecule has 1 aromatic heterocycles. The van der Waals surface area contributed by atoms with E-state index >= 15 is 0 Å². The van der Waals surface area contributed by atoms with Crippen molar-refractivity contribution in [3.05, 3.63) is 65.5 Å². The molecule has 0 amide bonds. The summed E-state index contributed by atoms with van der Waals surface area (Å²) in [6.07, 6.45) is 4.05. The smallest absolute Gasteiger partial charge is 0.165 e. The fraction of sp³-hybridized carbons (Fsp3) is 0.348. The molecule has 4 rings (SSSR count). The summed E-state index contributed by atoms with van der Waals surface area (Å²) < 4.78 is 7.89. The largest absolute Gasteiger partial charge is 0.504 e. The van der Waals surface area contributed by atoms with Gasteiger partial charge in [0.25, 0.3) is 0 Å². The molecule has 0 spiro atoms. The zero-order valence-corrected chi connectivity index (χ0v) is 16.7. The summed E-state index contributed by atoms with van der Waals surface area (Å²) in [6.45, 7) is 9.25. The Balaban J connectivity index is 1.62. The van der Waals surface area contributed by atoms with Crippen molar-refractivity contribution in [3.8, 4) is 22.6 Å². The second-order valence-electron chi connectivity index (χ2n) is 7.78. The normalized spacial score (nSPS) is 14.6. The van der Waals surface area contributed by atoms with E-state index in [0.717, 1.165) is 36.3 Å². The third-order valence-corrected chi connectivity index (χ3v) is 5.24. The van der Waals surface area contributed by atoms with Crippen LogP contribution in [0, 0.1) is 6.92 Å². The molecule has 2 aromatic carbocycles. The van der Waals surface area contributed by atoms with Gasteiger partial charge in [0.1, 0.15) is 6.61 Å². The topological polar surface area (TPSA) is 50.5 Å². The SMILES string of the molecule is Cc1ccccc1-c1cc(O)c2c(c1)CN(Cc1cnn(C(C)C)c1)CCO2. The second kappa shape index (κ2) is 7.68. The summed E-state index contributed by atoms with van der Waals surface area (Å²) in [6, 6.07) is 12.6. The molecule has 0 saturated carbocycles. The van der Waals surface area contributed by atoms with Gasteiger partial charge in [-0.2, -0.15) is 5.10 Å². The highest BCUT2D eigenvalue weighted by atomic mass is 16.5. The van der Waals surface area contributed by atoms with Crippen molar-refractivity contribution in [1.82, 2.24) is 14.7 Å². The maximum Gasteiger partial charge on any atom is 0.165 e. The first-order chi connectivity index (χ1) is 13.5. The van der Waals surface area contributed by atoms with Crippen LogP contribution in [0.2, 0.25) is 0 Å². The first-order valence-corrected chi connectivity index (χ1v) is 9.81. The Kier molecular flexibility index (Phi) is 5.09. The molecule has 2 heterocycles. The standard InChI is InChI=1S/C23H27N3O2/c1-16(2)26-14-18(12-24-26)13-25-8-9-28-23-20(15-25)10-19(11-22(23)27)21-7-5-4-6-17(21)3/h4-7,10-12,14,16,27H,8-9,13,15H2,1-3H3. The number of ether oxygens (including phenoxy) is 1. The van der Waals surface area contributed by atoms with Gasteiger partial charge in [-0.1, -0.05) is 24.3 Å². The fourth-order valence-corrected chi connectivity index (χ4v) is 3.74. The molecule has 0 saturated heterocycles. The van der Waals surface area contributed by atoms with Gasteiger partial charge in [0.2, 0.25) is 0 Å². The average molecular weight is 377 g/mol. The molecule has 5 heteroatoms. The number of hydrogen-bond donors (Lipinski definition) is 1. The second-order valence-corrected chi connectivity index (χ2v) is 7.78. The molecule has 3 aromatic rings. The lowest BCUT2D eigenvalue weighted by atomic mass is 9.98. The minimum Gasteiger partial charge on any atom is -0.504 e. The third kappa shape index (κ3) is 3.76. The van der Waals surface area contributed by atoms with Gasteiger partial charge in [-0.05, 0) is 49.6 Å². The van der Waals surface area contributed by atoms with Crippen LogP contribution in [0.5, 0.6) is 11.5 Å². The number of hydrogen-bond acceptors (Lipinski definition) is 4. The van der Waals surface area contributed by atoms with Crippen LogP contribution >= 0.6 is 0 Å². The van der Waals surface area contributed by atoms with Crippen molar-refractivity contribution in [2.75, 3.05) is 13.2 Å². The summed E-state index contributed by atoms with van der Waals surface area (Å²) in [7, 11) is 0. The zero-order valence-electron chi connectivity index (χ0n) is 16.7. The van der Waals surface area contributed by atoms with Gasteiger partial charge in [0.05, 0.1) is 6.20 Å². The number of aromatic hydroxyl groups is 1. The van der Waals surface area contributed by atoms with Crippen LogP contribution in [0.4, 0.5) is 0 Å². The number of nitrogens with zero attached hydrogens (tertiary/aromatic N) is 3. The number of fused-ring (bicyclic) bond motifs is 1. The number of aryl methyl sites for hydroxylation is 1. The van der Waals surface area contributed by atoms with Crippen LogP contribution in [0.1, 0.15) is 36.6 Å². The molecule has 0 unspecified atom stereocenters. The minimum absolute atomic E-state index is 0.213. The minimum atomic E-state index is 0.213. The van der Waals surface area contributed by atoms with Crippen molar-refractivity contribution < 1.29 is 9.84 Å². The molecule has 0 atom stereocenters. The van der Waals surface area contributed by atoms with E-state index in [9.17, 15) is 5.11 Å².